The van der Waals surface area contributed by atoms with Crippen LogP contribution in [-0.2, 0) is 4.79 Å². The molecule has 0 saturated carbocycles. The summed E-state index contributed by atoms with van der Waals surface area (Å²) in [7, 11) is 1.76. The molecule has 0 aliphatic carbocycles. The molecule has 1 heterocycles. The Morgan fingerprint density at radius 1 is 1.50 bits per heavy atom. The minimum absolute atomic E-state index is 0.0235. The Balaban J connectivity index is 2.51. The Morgan fingerprint density at radius 3 is 2.81 bits per heavy atom. The van der Waals surface area contributed by atoms with Crippen molar-refractivity contribution in [2.24, 2.45) is 5.84 Å². The summed E-state index contributed by atoms with van der Waals surface area (Å²) in [6.45, 7) is 2.85. The number of hydrogen-bond acceptors (Lipinski definition) is 5. The summed E-state index contributed by atoms with van der Waals surface area (Å²) >= 11 is 0. The third kappa shape index (κ3) is 3.39. The van der Waals surface area contributed by atoms with Crippen LogP contribution in [0.2, 0.25) is 0 Å². The molecule has 0 aromatic carbocycles. The maximum Gasteiger partial charge on any atom is 0.241 e. The number of pyridine rings is 1. The van der Waals surface area contributed by atoms with Gasteiger partial charge in [0.25, 0.3) is 0 Å². The molecule has 0 unspecified atom stereocenters. The van der Waals surface area contributed by atoms with Crippen LogP contribution in [0.3, 0.4) is 0 Å². The summed E-state index contributed by atoms with van der Waals surface area (Å²) < 4.78 is 0. The van der Waals surface area contributed by atoms with Gasteiger partial charge < -0.3 is 15.6 Å². The zero-order chi connectivity index (χ0) is 12.0. The quantitative estimate of drug-likeness (QED) is 0.492. The highest BCUT2D eigenvalue weighted by atomic mass is 16.2. The zero-order valence-corrected chi connectivity index (χ0v) is 9.53. The Kier molecular flexibility index (Phi) is 4.53. The molecule has 0 aliphatic rings. The predicted octanol–water partition coefficient (Wildman–Crippen LogP) is 0.257. The topological polar surface area (TPSA) is 83.3 Å². The molecule has 1 aromatic rings. The first-order valence-corrected chi connectivity index (χ1v) is 5.09. The van der Waals surface area contributed by atoms with Gasteiger partial charge in [0.2, 0.25) is 5.91 Å². The number of nitrogen functional groups attached to an aromatic ring is 1. The number of likely N-dealkylation sites (N-methyl/N-ethyl adjacent to an activating group) is 1. The van der Waals surface area contributed by atoms with E-state index in [0.29, 0.717) is 18.2 Å². The molecule has 0 aliphatic heterocycles. The van der Waals surface area contributed by atoms with E-state index >= 15 is 0 Å². The molecular formula is C10H17N5O. The summed E-state index contributed by atoms with van der Waals surface area (Å²) in [5.41, 5.74) is 2.44. The Morgan fingerprint density at radius 2 is 2.19 bits per heavy atom. The maximum absolute atomic E-state index is 11.5. The second-order valence-electron chi connectivity index (χ2n) is 3.31. The van der Waals surface area contributed by atoms with Gasteiger partial charge in [0, 0.05) is 13.6 Å². The standard InChI is InChI=1S/C10H17N5O/c1-3-15(2)10(16)7-12-8-5-4-6-9(13-8)14-11/h4-6H,3,7,11H2,1-2H3,(H2,12,13,14). The van der Waals surface area contributed by atoms with Crippen LogP contribution in [0.15, 0.2) is 18.2 Å². The lowest BCUT2D eigenvalue weighted by atomic mass is 10.4. The predicted molar refractivity (Wildman–Crippen MR) is 63.8 cm³/mol. The van der Waals surface area contributed by atoms with Crippen LogP contribution < -0.4 is 16.6 Å². The number of nitrogens with two attached hydrogens (primary N) is 1. The molecule has 0 radical (unpaired) electrons. The second-order valence-corrected chi connectivity index (χ2v) is 3.31. The number of rotatable bonds is 5. The van der Waals surface area contributed by atoms with Gasteiger partial charge in [0.15, 0.2) is 0 Å². The first-order chi connectivity index (χ1) is 7.67. The summed E-state index contributed by atoms with van der Waals surface area (Å²) in [5.74, 6) is 6.43. The van der Waals surface area contributed by atoms with Gasteiger partial charge in [-0.3, -0.25) is 4.79 Å². The van der Waals surface area contributed by atoms with Crippen molar-refractivity contribution in [3.05, 3.63) is 18.2 Å². The fraction of sp³-hybridized carbons (Fsp3) is 0.400. The minimum atomic E-state index is 0.0235. The summed E-state index contributed by atoms with van der Waals surface area (Å²) in [6, 6.07) is 5.32. The van der Waals surface area contributed by atoms with Crippen LogP contribution in [0.4, 0.5) is 11.6 Å². The van der Waals surface area contributed by atoms with Gasteiger partial charge in [-0.15, -0.1) is 0 Å². The Labute approximate surface area is 94.8 Å². The van der Waals surface area contributed by atoms with Gasteiger partial charge >= 0.3 is 0 Å². The second kappa shape index (κ2) is 5.92. The molecule has 6 nitrogen and oxygen atoms in total. The largest absolute Gasteiger partial charge is 0.361 e. The minimum Gasteiger partial charge on any atom is -0.361 e. The lowest BCUT2D eigenvalue weighted by Crippen LogP contribution is -2.32. The van der Waals surface area contributed by atoms with Crippen LogP contribution in [0.5, 0.6) is 0 Å². The summed E-state index contributed by atoms with van der Waals surface area (Å²) in [5, 5.41) is 2.94. The molecule has 16 heavy (non-hydrogen) atoms. The van der Waals surface area contributed by atoms with Gasteiger partial charge in [-0.25, -0.2) is 10.8 Å². The third-order valence-corrected chi connectivity index (χ3v) is 2.22. The van der Waals surface area contributed by atoms with Gasteiger partial charge in [0.1, 0.15) is 11.6 Å². The highest BCUT2D eigenvalue weighted by Gasteiger charge is 2.06. The summed E-state index contributed by atoms with van der Waals surface area (Å²) in [4.78, 5) is 17.3. The third-order valence-electron chi connectivity index (χ3n) is 2.22. The molecular weight excluding hydrogens is 206 g/mol. The lowest BCUT2D eigenvalue weighted by Gasteiger charge is -2.15. The number of carbonyl (C=O) groups excluding carboxylic acids is 1. The SMILES string of the molecule is CCN(C)C(=O)CNc1cccc(NN)n1. The van der Waals surface area contributed by atoms with E-state index in [1.165, 1.54) is 0 Å². The smallest absolute Gasteiger partial charge is 0.241 e. The van der Waals surface area contributed by atoms with Crippen molar-refractivity contribution in [2.45, 2.75) is 6.92 Å². The van der Waals surface area contributed by atoms with Crippen molar-refractivity contribution in [1.29, 1.82) is 0 Å². The van der Waals surface area contributed by atoms with Crippen LogP contribution in [0.1, 0.15) is 6.92 Å². The molecule has 6 heteroatoms. The van der Waals surface area contributed by atoms with Crippen LogP contribution in [0, 0.1) is 0 Å². The average Bonchev–Trinajstić information content (AvgIpc) is 2.35. The van der Waals surface area contributed by atoms with E-state index in [-0.39, 0.29) is 12.5 Å². The molecule has 0 saturated heterocycles. The average molecular weight is 223 g/mol. The normalized spacial score (nSPS) is 9.69. The van der Waals surface area contributed by atoms with E-state index < -0.39 is 0 Å². The Bertz CT molecular complexity index is 355. The van der Waals surface area contributed by atoms with E-state index in [1.54, 1.807) is 30.1 Å². The molecule has 0 bridgehead atoms. The van der Waals surface area contributed by atoms with Gasteiger partial charge in [-0.1, -0.05) is 6.07 Å². The van der Waals surface area contributed by atoms with E-state index in [4.69, 9.17) is 5.84 Å². The highest BCUT2D eigenvalue weighted by molar-refractivity contribution is 5.80. The molecule has 1 rings (SSSR count). The number of aromatic nitrogens is 1. The first-order valence-electron chi connectivity index (χ1n) is 5.09. The van der Waals surface area contributed by atoms with E-state index in [2.05, 4.69) is 15.7 Å². The molecule has 1 amide bonds. The van der Waals surface area contributed by atoms with Crippen molar-refractivity contribution >= 4 is 17.5 Å². The van der Waals surface area contributed by atoms with Crippen molar-refractivity contribution in [3.8, 4) is 0 Å². The van der Waals surface area contributed by atoms with Crippen molar-refractivity contribution < 1.29 is 4.79 Å². The molecule has 88 valence electrons. The molecule has 1 aromatic heterocycles. The fourth-order valence-corrected chi connectivity index (χ4v) is 1.09. The Hall–Kier alpha value is -1.82. The van der Waals surface area contributed by atoms with Crippen molar-refractivity contribution in [1.82, 2.24) is 9.88 Å². The maximum atomic E-state index is 11.5. The monoisotopic (exact) mass is 223 g/mol. The van der Waals surface area contributed by atoms with Crippen LogP contribution in [0.25, 0.3) is 0 Å². The molecule has 0 atom stereocenters. The number of nitrogens with zero attached hydrogens (tertiary/aromatic N) is 2. The number of amides is 1. The molecule has 0 fully saturated rings. The lowest BCUT2D eigenvalue weighted by molar-refractivity contribution is -0.127. The number of carbonyl (C=O) groups is 1. The van der Waals surface area contributed by atoms with E-state index in [1.807, 2.05) is 6.92 Å². The van der Waals surface area contributed by atoms with Crippen molar-refractivity contribution in [2.75, 3.05) is 30.9 Å². The van der Waals surface area contributed by atoms with E-state index in [9.17, 15) is 4.79 Å². The van der Waals surface area contributed by atoms with Gasteiger partial charge in [-0.05, 0) is 19.1 Å². The van der Waals surface area contributed by atoms with Crippen LogP contribution in [-0.4, -0.2) is 35.9 Å². The molecule has 0 spiro atoms. The fourth-order valence-electron chi connectivity index (χ4n) is 1.09. The summed E-state index contributed by atoms with van der Waals surface area (Å²) in [6.07, 6.45) is 0. The van der Waals surface area contributed by atoms with E-state index in [0.717, 1.165) is 0 Å². The number of hydrazine groups is 1. The van der Waals surface area contributed by atoms with Gasteiger partial charge in [-0.2, -0.15) is 0 Å². The number of anilines is 2. The zero-order valence-electron chi connectivity index (χ0n) is 9.53. The first kappa shape index (κ1) is 12.3. The number of hydrogen-bond donors (Lipinski definition) is 3. The van der Waals surface area contributed by atoms with Gasteiger partial charge in [0.05, 0.1) is 6.54 Å². The van der Waals surface area contributed by atoms with Crippen molar-refractivity contribution in [3.63, 3.8) is 0 Å². The van der Waals surface area contributed by atoms with Crippen LogP contribution >= 0.6 is 0 Å². The number of nitrogens with one attached hydrogen (secondary N) is 2. The molecule has 4 N–H and O–H groups in total. The highest BCUT2D eigenvalue weighted by Crippen LogP contribution is 2.07.